The Morgan fingerprint density at radius 1 is 0.929 bits per heavy atom. The van der Waals surface area contributed by atoms with Crippen molar-refractivity contribution in [3.63, 3.8) is 0 Å². The van der Waals surface area contributed by atoms with Crippen LogP contribution in [0.1, 0.15) is 11.1 Å². The van der Waals surface area contributed by atoms with E-state index in [9.17, 15) is 5.26 Å². The van der Waals surface area contributed by atoms with E-state index in [4.69, 9.17) is 10.2 Å². The third kappa shape index (κ3) is 3.56. The van der Waals surface area contributed by atoms with Crippen LogP contribution in [0.5, 0.6) is 0 Å². The molecule has 0 radical (unpaired) electrons. The number of hydrogen-bond donors (Lipinski definition) is 1. The summed E-state index contributed by atoms with van der Waals surface area (Å²) < 4.78 is 0. The van der Waals surface area contributed by atoms with Gasteiger partial charge in [0, 0.05) is 11.9 Å². The molecular weight excluding hydrogens is 368 g/mol. The quantitative estimate of drug-likeness (QED) is 0.548. The van der Waals surface area contributed by atoms with Gasteiger partial charge in [-0.25, -0.2) is 15.0 Å². The van der Waals surface area contributed by atoms with E-state index in [1.54, 1.807) is 30.5 Å². The molecule has 0 atom stereocenters. The molecule has 1 N–H and O–H groups in total. The van der Waals surface area contributed by atoms with Gasteiger partial charge in [0.15, 0.2) is 5.13 Å². The third-order valence-electron chi connectivity index (χ3n) is 3.97. The molecule has 2 heterocycles. The van der Waals surface area contributed by atoms with Gasteiger partial charge in [-0.3, -0.25) is 0 Å². The SMILES string of the molecule is N#Cc1ccc(Nc2nc(-c3ccncn3)c(-c3cccc(C#N)c3)s2)cc1. The van der Waals surface area contributed by atoms with E-state index in [0.717, 1.165) is 21.8 Å². The van der Waals surface area contributed by atoms with Gasteiger partial charge in [0.05, 0.1) is 33.8 Å². The zero-order chi connectivity index (χ0) is 19.3. The first-order chi connectivity index (χ1) is 13.8. The van der Waals surface area contributed by atoms with Gasteiger partial charge in [0.2, 0.25) is 0 Å². The second-order valence-electron chi connectivity index (χ2n) is 5.80. The Morgan fingerprint density at radius 2 is 1.75 bits per heavy atom. The molecule has 4 rings (SSSR count). The molecule has 0 bridgehead atoms. The topological polar surface area (TPSA) is 98.3 Å². The van der Waals surface area contributed by atoms with Gasteiger partial charge in [0.25, 0.3) is 0 Å². The third-order valence-corrected chi connectivity index (χ3v) is 4.99. The van der Waals surface area contributed by atoms with E-state index in [1.807, 2.05) is 30.3 Å². The fourth-order valence-electron chi connectivity index (χ4n) is 2.66. The number of nitriles is 2. The predicted octanol–water partition coefficient (Wildman–Crippen LogP) is 4.75. The van der Waals surface area contributed by atoms with Crippen LogP contribution >= 0.6 is 11.3 Å². The molecular formula is C21H12N6S. The van der Waals surface area contributed by atoms with Crippen molar-refractivity contribution >= 4 is 22.2 Å². The van der Waals surface area contributed by atoms with Gasteiger partial charge in [0.1, 0.15) is 12.0 Å². The van der Waals surface area contributed by atoms with Crippen LogP contribution in [-0.4, -0.2) is 15.0 Å². The lowest BCUT2D eigenvalue weighted by molar-refractivity contribution is 1.16. The molecule has 132 valence electrons. The number of benzene rings is 2. The number of anilines is 2. The van der Waals surface area contributed by atoms with Crippen LogP contribution in [0.4, 0.5) is 10.8 Å². The van der Waals surface area contributed by atoms with Crippen LogP contribution in [0.3, 0.4) is 0 Å². The van der Waals surface area contributed by atoms with Crippen LogP contribution < -0.4 is 5.32 Å². The van der Waals surface area contributed by atoms with E-state index in [1.165, 1.54) is 17.7 Å². The molecule has 0 aliphatic heterocycles. The number of thiazole rings is 1. The summed E-state index contributed by atoms with van der Waals surface area (Å²) >= 11 is 1.47. The molecule has 0 amide bonds. The summed E-state index contributed by atoms with van der Waals surface area (Å²) in [4.78, 5) is 13.9. The molecule has 0 aliphatic carbocycles. The van der Waals surface area contributed by atoms with E-state index >= 15 is 0 Å². The Morgan fingerprint density at radius 3 is 2.46 bits per heavy atom. The number of aromatic nitrogens is 3. The highest BCUT2D eigenvalue weighted by atomic mass is 32.1. The summed E-state index contributed by atoms with van der Waals surface area (Å²) in [5.74, 6) is 0. The van der Waals surface area contributed by atoms with Gasteiger partial charge in [-0.15, -0.1) is 0 Å². The van der Waals surface area contributed by atoms with Crippen molar-refractivity contribution in [2.45, 2.75) is 0 Å². The van der Waals surface area contributed by atoms with E-state index in [0.29, 0.717) is 22.0 Å². The Hall–Kier alpha value is -4.07. The molecule has 0 saturated heterocycles. The zero-order valence-corrected chi connectivity index (χ0v) is 15.3. The molecule has 0 unspecified atom stereocenters. The largest absolute Gasteiger partial charge is 0.332 e. The highest BCUT2D eigenvalue weighted by Crippen LogP contribution is 2.39. The van der Waals surface area contributed by atoms with Crippen LogP contribution in [0.2, 0.25) is 0 Å². The predicted molar refractivity (Wildman–Crippen MR) is 108 cm³/mol. The van der Waals surface area contributed by atoms with E-state index in [2.05, 4.69) is 27.4 Å². The molecule has 0 aliphatic rings. The summed E-state index contributed by atoms with van der Waals surface area (Å²) in [6, 6.07) is 20.6. The zero-order valence-electron chi connectivity index (χ0n) is 14.5. The number of rotatable bonds is 4. The minimum absolute atomic E-state index is 0.584. The Balaban J connectivity index is 1.77. The summed E-state index contributed by atoms with van der Waals surface area (Å²) in [6.07, 6.45) is 3.16. The second kappa shape index (κ2) is 7.67. The van der Waals surface area contributed by atoms with Gasteiger partial charge in [-0.1, -0.05) is 23.5 Å². The fourth-order valence-corrected chi connectivity index (χ4v) is 3.65. The van der Waals surface area contributed by atoms with Gasteiger partial charge < -0.3 is 5.32 Å². The molecule has 4 aromatic rings. The van der Waals surface area contributed by atoms with Crippen molar-refractivity contribution in [1.82, 2.24) is 15.0 Å². The highest BCUT2D eigenvalue weighted by molar-refractivity contribution is 7.19. The highest BCUT2D eigenvalue weighted by Gasteiger charge is 2.16. The van der Waals surface area contributed by atoms with Crippen molar-refractivity contribution < 1.29 is 0 Å². The first-order valence-corrected chi connectivity index (χ1v) is 9.13. The second-order valence-corrected chi connectivity index (χ2v) is 6.80. The van der Waals surface area contributed by atoms with E-state index in [-0.39, 0.29) is 0 Å². The first-order valence-electron chi connectivity index (χ1n) is 8.32. The Kier molecular flexibility index (Phi) is 4.75. The molecule has 2 aromatic heterocycles. The molecule has 0 saturated carbocycles. The number of hydrogen-bond acceptors (Lipinski definition) is 7. The molecule has 0 spiro atoms. The van der Waals surface area contributed by atoms with Crippen LogP contribution in [0.25, 0.3) is 21.8 Å². The lowest BCUT2D eigenvalue weighted by atomic mass is 10.1. The van der Waals surface area contributed by atoms with Gasteiger partial charge in [-0.05, 0) is 48.0 Å². The fraction of sp³-hybridized carbons (Fsp3) is 0. The molecule has 0 fully saturated rings. The van der Waals surface area contributed by atoms with Crippen molar-refractivity contribution in [1.29, 1.82) is 10.5 Å². The Labute approximate surface area is 165 Å². The van der Waals surface area contributed by atoms with Crippen molar-refractivity contribution in [2.75, 3.05) is 5.32 Å². The van der Waals surface area contributed by atoms with Crippen LogP contribution in [0, 0.1) is 22.7 Å². The summed E-state index contributed by atoms with van der Waals surface area (Å²) in [5, 5.41) is 22.1. The minimum Gasteiger partial charge on any atom is -0.332 e. The Bertz CT molecular complexity index is 1200. The lowest BCUT2D eigenvalue weighted by Crippen LogP contribution is -1.91. The van der Waals surface area contributed by atoms with Crippen molar-refractivity contribution in [3.05, 3.63) is 78.2 Å². The summed E-state index contributed by atoms with van der Waals surface area (Å²) in [6.45, 7) is 0. The maximum Gasteiger partial charge on any atom is 0.188 e. The lowest BCUT2D eigenvalue weighted by Gasteiger charge is -2.02. The number of nitrogens with zero attached hydrogens (tertiary/aromatic N) is 5. The molecule has 7 heteroatoms. The van der Waals surface area contributed by atoms with Gasteiger partial charge in [-0.2, -0.15) is 10.5 Å². The average molecular weight is 380 g/mol. The first kappa shape index (κ1) is 17.3. The van der Waals surface area contributed by atoms with Crippen LogP contribution in [0.15, 0.2) is 67.1 Å². The van der Waals surface area contributed by atoms with Crippen molar-refractivity contribution in [3.8, 4) is 34.0 Å². The summed E-state index contributed by atoms with van der Waals surface area (Å²) in [7, 11) is 0. The van der Waals surface area contributed by atoms with E-state index < -0.39 is 0 Å². The average Bonchev–Trinajstić information content (AvgIpc) is 3.19. The van der Waals surface area contributed by atoms with Crippen LogP contribution in [-0.2, 0) is 0 Å². The standard InChI is InChI=1S/C21H12N6S/c22-11-14-4-6-17(7-5-14)26-21-27-19(18-8-9-24-13-25-18)20(28-21)16-3-1-2-15(10-16)12-23/h1-10,13H,(H,26,27). The van der Waals surface area contributed by atoms with Gasteiger partial charge >= 0.3 is 0 Å². The summed E-state index contributed by atoms with van der Waals surface area (Å²) in [5.41, 5.74) is 4.34. The smallest absolute Gasteiger partial charge is 0.188 e. The molecule has 28 heavy (non-hydrogen) atoms. The monoisotopic (exact) mass is 380 g/mol. The maximum absolute atomic E-state index is 9.22. The van der Waals surface area contributed by atoms with Crippen molar-refractivity contribution in [2.24, 2.45) is 0 Å². The molecule has 6 nitrogen and oxygen atoms in total. The minimum atomic E-state index is 0.584. The number of nitrogens with one attached hydrogen (secondary N) is 1. The maximum atomic E-state index is 9.22. The molecule has 2 aromatic carbocycles. The normalized spacial score (nSPS) is 10.1.